The fraction of sp³-hybridized carbons (Fsp3) is 0.519. The van der Waals surface area contributed by atoms with Gasteiger partial charge in [-0.3, -0.25) is 19.2 Å². The molecule has 230 valence electrons. The molecule has 0 saturated carbocycles. The van der Waals surface area contributed by atoms with Gasteiger partial charge < -0.3 is 34.7 Å². The number of methoxy groups -OCH3 is 2. The lowest BCUT2D eigenvalue weighted by Gasteiger charge is -2.25. The predicted octanol–water partition coefficient (Wildman–Crippen LogP) is 1.35. The molecule has 1 saturated heterocycles. The van der Waals surface area contributed by atoms with E-state index >= 15 is 0 Å². The van der Waals surface area contributed by atoms with Crippen molar-refractivity contribution in [2.45, 2.75) is 56.6 Å². The Hall–Kier alpha value is -3.82. The maximum absolute atomic E-state index is 13.3. The third-order valence-electron chi connectivity index (χ3n) is 6.49. The van der Waals surface area contributed by atoms with Gasteiger partial charge in [-0.2, -0.15) is 13.2 Å². The highest BCUT2D eigenvalue weighted by atomic mass is 19.4. The first-order chi connectivity index (χ1) is 19.8. The normalized spacial score (nSPS) is 18.5. The van der Waals surface area contributed by atoms with Crippen molar-refractivity contribution in [2.24, 2.45) is 0 Å². The van der Waals surface area contributed by atoms with Crippen molar-refractivity contribution < 1.29 is 51.1 Å². The molecule has 3 amide bonds. The smallest absolute Gasteiger partial charge is 0.382 e. The number of aryl methyl sites for hydroxylation is 2. The number of hydrogen-bond acceptors (Lipinski definition) is 9. The van der Waals surface area contributed by atoms with Crippen LogP contribution in [0, 0.1) is 6.92 Å². The molecule has 15 heteroatoms. The third-order valence-corrected chi connectivity index (χ3v) is 6.49. The maximum Gasteiger partial charge on any atom is 0.416 e. The van der Waals surface area contributed by atoms with Gasteiger partial charge in [0.1, 0.15) is 23.4 Å². The summed E-state index contributed by atoms with van der Waals surface area (Å²) in [4.78, 5) is 52.0. The van der Waals surface area contributed by atoms with Gasteiger partial charge in [0.15, 0.2) is 11.5 Å². The maximum atomic E-state index is 13.3. The van der Waals surface area contributed by atoms with Gasteiger partial charge in [0.05, 0.1) is 31.4 Å². The molecule has 0 bridgehead atoms. The quantitative estimate of drug-likeness (QED) is 0.257. The van der Waals surface area contributed by atoms with Gasteiger partial charge in [0, 0.05) is 20.3 Å². The Labute approximate surface area is 239 Å². The zero-order valence-electron chi connectivity index (χ0n) is 23.5. The minimum atomic E-state index is -4.53. The average molecular weight is 599 g/mol. The molecular weight excluding hydrogens is 565 g/mol. The number of hydrogen-bond donors (Lipinski definition) is 3. The molecule has 0 spiro atoms. The van der Waals surface area contributed by atoms with E-state index in [1.165, 1.54) is 32.4 Å². The molecule has 1 aromatic heterocycles. The van der Waals surface area contributed by atoms with Gasteiger partial charge in [0.25, 0.3) is 5.91 Å². The van der Waals surface area contributed by atoms with Crippen molar-refractivity contribution >= 4 is 23.5 Å². The first kappa shape index (κ1) is 32.7. The molecule has 0 aliphatic carbocycles. The molecule has 0 unspecified atom stereocenters. The second kappa shape index (κ2) is 13.9. The van der Waals surface area contributed by atoms with Crippen molar-refractivity contribution in [3.63, 3.8) is 0 Å². The van der Waals surface area contributed by atoms with E-state index in [4.69, 9.17) is 18.7 Å². The predicted molar refractivity (Wildman–Crippen MR) is 139 cm³/mol. The van der Waals surface area contributed by atoms with Crippen LogP contribution in [-0.4, -0.2) is 86.4 Å². The SMILES string of the molecule is COC[C@H](NC(=O)c1cc(C)on1)C(=O)N[C@@H](COC)C(=O)N[C@@H](CCc1cccc(C(F)(F)F)c1)C(=O)[C@@]1(C)CO1. The lowest BCUT2D eigenvalue weighted by Crippen LogP contribution is -2.58. The van der Waals surface area contributed by atoms with E-state index in [0.717, 1.165) is 12.1 Å². The number of amides is 3. The highest BCUT2D eigenvalue weighted by molar-refractivity contribution is 5.99. The molecule has 2 aromatic rings. The molecule has 4 atom stereocenters. The number of nitrogens with one attached hydrogen (secondary N) is 3. The van der Waals surface area contributed by atoms with Crippen molar-refractivity contribution in [1.29, 1.82) is 0 Å². The van der Waals surface area contributed by atoms with E-state index < -0.39 is 59.0 Å². The second-order valence-corrected chi connectivity index (χ2v) is 10.0. The average Bonchev–Trinajstić information content (AvgIpc) is 3.54. The number of ether oxygens (including phenoxy) is 3. The topological polar surface area (TPSA) is 161 Å². The summed E-state index contributed by atoms with van der Waals surface area (Å²) in [5.74, 6) is -2.36. The zero-order chi connectivity index (χ0) is 31.1. The fourth-order valence-corrected chi connectivity index (χ4v) is 4.05. The number of ketones is 1. The molecule has 1 aliphatic heterocycles. The van der Waals surface area contributed by atoms with Gasteiger partial charge in [-0.05, 0) is 38.3 Å². The molecule has 12 nitrogen and oxygen atoms in total. The Morgan fingerprint density at radius 2 is 1.60 bits per heavy atom. The van der Waals surface area contributed by atoms with Gasteiger partial charge in [-0.25, -0.2) is 0 Å². The highest BCUT2D eigenvalue weighted by Crippen LogP contribution is 2.31. The molecular formula is C27H33F3N4O8. The standard InChI is InChI=1S/C27H33F3N4O8/c1-15-10-19(34-42-15)23(36)32-21(13-40-4)25(38)33-20(12-39-3)24(37)31-18(22(35)26(2)14-41-26)9-8-16-6-5-7-17(11-16)27(28,29)30/h5-7,10-11,18,20-21H,8-9,12-14H2,1-4H3,(H,31,37)(H,32,36)(H,33,38)/t18-,20-,21-,26+/m0/s1. The van der Waals surface area contributed by atoms with E-state index in [0.29, 0.717) is 11.3 Å². The fourth-order valence-electron chi connectivity index (χ4n) is 4.05. The minimum Gasteiger partial charge on any atom is -0.382 e. The van der Waals surface area contributed by atoms with E-state index in [2.05, 4.69) is 21.1 Å². The Kier molecular flexibility index (Phi) is 10.8. The van der Waals surface area contributed by atoms with Gasteiger partial charge in [0.2, 0.25) is 11.8 Å². The minimum absolute atomic E-state index is 0.0298. The number of epoxide rings is 1. The first-order valence-corrected chi connectivity index (χ1v) is 12.9. The molecule has 1 fully saturated rings. The summed E-state index contributed by atoms with van der Waals surface area (Å²) in [7, 11) is 2.61. The summed E-state index contributed by atoms with van der Waals surface area (Å²) in [6.07, 6.45) is -4.52. The van der Waals surface area contributed by atoms with Gasteiger partial charge in [-0.15, -0.1) is 0 Å². The monoisotopic (exact) mass is 598 g/mol. The van der Waals surface area contributed by atoms with E-state index in [-0.39, 0.29) is 38.4 Å². The van der Waals surface area contributed by atoms with E-state index in [1.54, 1.807) is 13.8 Å². The van der Waals surface area contributed by atoms with Crippen LogP contribution in [0.2, 0.25) is 0 Å². The number of rotatable bonds is 15. The van der Waals surface area contributed by atoms with Crippen molar-refractivity contribution in [3.8, 4) is 0 Å². The Morgan fingerprint density at radius 3 is 2.12 bits per heavy atom. The van der Waals surface area contributed by atoms with Crippen LogP contribution in [-0.2, 0) is 41.2 Å². The van der Waals surface area contributed by atoms with Crippen LogP contribution in [0.5, 0.6) is 0 Å². The van der Waals surface area contributed by atoms with Crippen molar-refractivity contribution in [3.05, 3.63) is 52.9 Å². The number of benzene rings is 1. The number of halogens is 3. The molecule has 1 aliphatic rings. The number of nitrogens with zero attached hydrogens (tertiary/aromatic N) is 1. The van der Waals surface area contributed by atoms with E-state index in [1.807, 2.05) is 0 Å². The van der Waals surface area contributed by atoms with E-state index in [9.17, 15) is 32.3 Å². The summed E-state index contributed by atoms with van der Waals surface area (Å²) < 4.78 is 59.7. The Morgan fingerprint density at radius 1 is 1.00 bits per heavy atom. The Balaban J connectivity index is 1.71. The first-order valence-electron chi connectivity index (χ1n) is 12.9. The molecule has 2 heterocycles. The summed E-state index contributed by atoms with van der Waals surface area (Å²) in [5, 5.41) is 11.1. The van der Waals surface area contributed by atoms with Gasteiger partial charge >= 0.3 is 6.18 Å². The van der Waals surface area contributed by atoms with Crippen LogP contribution in [0.15, 0.2) is 34.9 Å². The number of carbonyl (C=O) groups is 4. The molecule has 3 N–H and O–H groups in total. The van der Waals surface area contributed by atoms with Crippen molar-refractivity contribution in [1.82, 2.24) is 21.1 Å². The zero-order valence-corrected chi connectivity index (χ0v) is 23.5. The van der Waals surface area contributed by atoms with Crippen LogP contribution in [0.1, 0.15) is 40.7 Å². The summed E-state index contributed by atoms with van der Waals surface area (Å²) in [5.41, 5.74) is -1.71. The summed E-state index contributed by atoms with van der Waals surface area (Å²) in [6, 6.07) is 2.39. The lowest BCUT2D eigenvalue weighted by atomic mass is 9.94. The van der Waals surface area contributed by atoms with Crippen LogP contribution in [0.4, 0.5) is 13.2 Å². The molecule has 42 heavy (non-hydrogen) atoms. The van der Waals surface area contributed by atoms with Crippen LogP contribution >= 0.6 is 0 Å². The number of alkyl halides is 3. The van der Waals surface area contributed by atoms with Crippen LogP contribution < -0.4 is 16.0 Å². The largest absolute Gasteiger partial charge is 0.416 e. The van der Waals surface area contributed by atoms with Crippen LogP contribution in [0.3, 0.4) is 0 Å². The third kappa shape index (κ3) is 8.84. The number of carbonyl (C=O) groups excluding carboxylic acids is 4. The number of aromatic nitrogens is 1. The number of Topliss-reactive ketones (excluding diaryl/α,β-unsaturated/α-hetero) is 1. The van der Waals surface area contributed by atoms with Gasteiger partial charge in [-0.1, -0.05) is 23.4 Å². The molecule has 0 radical (unpaired) electrons. The second-order valence-electron chi connectivity index (χ2n) is 10.0. The summed E-state index contributed by atoms with van der Waals surface area (Å²) in [6.45, 7) is 2.72. The molecule has 3 rings (SSSR count). The molecule has 1 aromatic carbocycles. The summed E-state index contributed by atoms with van der Waals surface area (Å²) >= 11 is 0. The van der Waals surface area contributed by atoms with Crippen molar-refractivity contribution in [2.75, 3.05) is 34.0 Å². The lowest BCUT2D eigenvalue weighted by molar-refractivity contribution is -0.137. The highest BCUT2D eigenvalue weighted by Gasteiger charge is 2.50. The van der Waals surface area contributed by atoms with Crippen LogP contribution in [0.25, 0.3) is 0 Å². The Bertz CT molecular complexity index is 1280.